The molecule has 0 spiro atoms. The summed E-state index contributed by atoms with van der Waals surface area (Å²) in [6, 6.07) is 12.4. The number of rotatable bonds is 5. The van der Waals surface area contributed by atoms with Crippen molar-refractivity contribution in [2.75, 3.05) is 13.2 Å². The van der Waals surface area contributed by atoms with Crippen molar-refractivity contribution in [3.8, 4) is 5.75 Å². The average Bonchev–Trinajstić information content (AvgIpc) is 2.46. The Morgan fingerprint density at radius 1 is 0.950 bits per heavy atom. The second-order valence-corrected chi connectivity index (χ2v) is 4.95. The van der Waals surface area contributed by atoms with Crippen LogP contribution in [0.2, 0.25) is 0 Å². The molecular weight excluding hydrogens is 259 g/mol. The highest BCUT2D eigenvalue weighted by Crippen LogP contribution is 2.29. The molecule has 0 saturated carbocycles. The molecule has 0 saturated heterocycles. The van der Waals surface area contributed by atoms with Gasteiger partial charge in [-0.25, -0.2) is 4.39 Å². The molecule has 0 radical (unpaired) electrons. The summed E-state index contributed by atoms with van der Waals surface area (Å²) in [5.41, 5.74) is 0.547. The third-order valence-corrected chi connectivity index (χ3v) is 3.51. The fourth-order valence-electron chi connectivity index (χ4n) is 2.31. The Balaban J connectivity index is 2.36. The topological polar surface area (TPSA) is 60.7 Å². The van der Waals surface area contributed by atoms with Gasteiger partial charge in [-0.2, -0.15) is 0 Å². The van der Waals surface area contributed by atoms with Crippen LogP contribution in [0.25, 0.3) is 0 Å². The molecular formula is C16H17FO3. The summed E-state index contributed by atoms with van der Waals surface area (Å²) in [5, 5.41) is 28.9. The normalized spacial score (nSPS) is 11.6. The molecule has 0 amide bonds. The van der Waals surface area contributed by atoms with Crippen molar-refractivity contribution >= 4 is 0 Å². The Hall–Kier alpha value is -1.91. The second kappa shape index (κ2) is 6.03. The minimum Gasteiger partial charge on any atom is -0.508 e. The highest BCUT2D eigenvalue weighted by atomic mass is 19.1. The molecule has 3 nitrogen and oxygen atoms in total. The van der Waals surface area contributed by atoms with Gasteiger partial charge in [-0.1, -0.05) is 24.3 Å². The van der Waals surface area contributed by atoms with E-state index in [4.69, 9.17) is 0 Å². The van der Waals surface area contributed by atoms with Gasteiger partial charge in [0.15, 0.2) is 0 Å². The van der Waals surface area contributed by atoms with Gasteiger partial charge in [0.2, 0.25) is 0 Å². The van der Waals surface area contributed by atoms with Crippen molar-refractivity contribution < 1.29 is 19.7 Å². The largest absolute Gasteiger partial charge is 0.508 e. The first kappa shape index (κ1) is 14.5. The van der Waals surface area contributed by atoms with Crippen molar-refractivity contribution in [2.45, 2.75) is 11.8 Å². The second-order valence-electron chi connectivity index (χ2n) is 4.95. The predicted molar refractivity (Wildman–Crippen MR) is 74.1 cm³/mol. The first-order chi connectivity index (χ1) is 9.59. The molecule has 0 fully saturated rings. The highest BCUT2D eigenvalue weighted by molar-refractivity contribution is 5.33. The maximum atomic E-state index is 13.0. The van der Waals surface area contributed by atoms with Crippen LogP contribution in [0.15, 0.2) is 48.5 Å². The van der Waals surface area contributed by atoms with Crippen LogP contribution < -0.4 is 0 Å². The van der Waals surface area contributed by atoms with Crippen LogP contribution in [0.5, 0.6) is 5.75 Å². The molecule has 0 atom stereocenters. The van der Waals surface area contributed by atoms with Gasteiger partial charge < -0.3 is 15.3 Å². The maximum Gasteiger partial charge on any atom is 0.123 e. The van der Waals surface area contributed by atoms with E-state index in [2.05, 4.69) is 0 Å². The highest BCUT2D eigenvalue weighted by Gasteiger charge is 2.31. The number of aliphatic hydroxyl groups excluding tert-OH is 2. The lowest BCUT2D eigenvalue weighted by Crippen LogP contribution is -2.37. The third-order valence-electron chi connectivity index (χ3n) is 3.51. The molecule has 0 aliphatic rings. The number of hydrogen-bond donors (Lipinski definition) is 3. The molecule has 0 heterocycles. The molecule has 0 aromatic heterocycles. The first-order valence-corrected chi connectivity index (χ1v) is 6.35. The molecule has 2 rings (SSSR count). The molecule has 0 aliphatic carbocycles. The number of benzene rings is 2. The van der Waals surface area contributed by atoms with E-state index in [-0.39, 0.29) is 24.8 Å². The van der Waals surface area contributed by atoms with Crippen molar-refractivity contribution in [3.63, 3.8) is 0 Å². The molecule has 20 heavy (non-hydrogen) atoms. The first-order valence-electron chi connectivity index (χ1n) is 6.35. The van der Waals surface area contributed by atoms with E-state index < -0.39 is 5.41 Å². The van der Waals surface area contributed by atoms with E-state index in [1.807, 2.05) is 6.07 Å². The number of halogens is 1. The third kappa shape index (κ3) is 2.98. The molecule has 0 aliphatic heterocycles. The van der Waals surface area contributed by atoms with Crippen LogP contribution in [0.3, 0.4) is 0 Å². The summed E-state index contributed by atoms with van der Waals surface area (Å²) in [6.07, 6.45) is 0.347. The fourth-order valence-corrected chi connectivity index (χ4v) is 2.31. The maximum absolute atomic E-state index is 13.0. The van der Waals surface area contributed by atoms with Crippen LogP contribution in [-0.4, -0.2) is 28.5 Å². The molecule has 3 N–H and O–H groups in total. The van der Waals surface area contributed by atoms with Crippen molar-refractivity contribution in [1.82, 2.24) is 0 Å². The Kier molecular flexibility index (Phi) is 4.37. The molecule has 0 bridgehead atoms. The smallest absolute Gasteiger partial charge is 0.123 e. The van der Waals surface area contributed by atoms with Gasteiger partial charge in [0, 0.05) is 5.41 Å². The van der Waals surface area contributed by atoms with Gasteiger partial charge in [-0.05, 0) is 41.8 Å². The van der Waals surface area contributed by atoms with Crippen LogP contribution >= 0.6 is 0 Å². The Morgan fingerprint density at radius 2 is 1.60 bits per heavy atom. The summed E-state index contributed by atoms with van der Waals surface area (Å²) in [4.78, 5) is 0. The molecule has 0 unspecified atom stereocenters. The van der Waals surface area contributed by atoms with Crippen molar-refractivity contribution in [1.29, 1.82) is 0 Å². The Labute approximate surface area is 116 Å². The van der Waals surface area contributed by atoms with Gasteiger partial charge in [0.1, 0.15) is 11.6 Å². The fraction of sp³-hybridized carbons (Fsp3) is 0.250. The SMILES string of the molecule is OCC(CO)(Cc1cccc(O)c1)c1ccc(F)cc1. The Bertz CT molecular complexity index is 562. The van der Waals surface area contributed by atoms with Crippen LogP contribution in [-0.2, 0) is 11.8 Å². The van der Waals surface area contributed by atoms with Crippen molar-refractivity contribution in [3.05, 3.63) is 65.5 Å². The lowest BCUT2D eigenvalue weighted by molar-refractivity contribution is 0.116. The van der Waals surface area contributed by atoms with Crippen molar-refractivity contribution in [2.24, 2.45) is 0 Å². The van der Waals surface area contributed by atoms with E-state index in [1.165, 1.54) is 12.1 Å². The summed E-state index contributed by atoms with van der Waals surface area (Å²) in [5.74, 6) is -0.234. The standard InChI is InChI=1S/C16H17FO3/c17-14-6-4-13(5-7-14)16(10-18,11-19)9-12-2-1-3-15(20)8-12/h1-8,18-20H,9-11H2. The number of aromatic hydroxyl groups is 1. The number of phenolic OH excluding ortho intramolecular Hbond substituents is 1. The average molecular weight is 276 g/mol. The summed E-state index contributed by atoms with van der Waals surface area (Å²) < 4.78 is 13.0. The van der Waals surface area contributed by atoms with E-state index in [0.717, 1.165) is 5.56 Å². The molecule has 2 aromatic carbocycles. The zero-order valence-electron chi connectivity index (χ0n) is 11.0. The number of hydrogen-bond acceptors (Lipinski definition) is 3. The van der Waals surface area contributed by atoms with Crippen LogP contribution in [0, 0.1) is 5.82 Å². The molecule has 2 aromatic rings. The van der Waals surface area contributed by atoms with Gasteiger partial charge in [0.05, 0.1) is 13.2 Å². The summed E-state index contributed by atoms with van der Waals surface area (Å²) in [6.45, 7) is -0.546. The van der Waals surface area contributed by atoms with E-state index in [9.17, 15) is 19.7 Å². The van der Waals surface area contributed by atoms with E-state index in [0.29, 0.717) is 12.0 Å². The number of aliphatic hydroxyl groups is 2. The molecule has 4 heteroatoms. The predicted octanol–water partition coefficient (Wildman–Crippen LogP) is 2.00. The lowest BCUT2D eigenvalue weighted by atomic mass is 9.77. The van der Waals surface area contributed by atoms with Gasteiger partial charge >= 0.3 is 0 Å². The van der Waals surface area contributed by atoms with Gasteiger partial charge in [-0.3, -0.25) is 0 Å². The minimum absolute atomic E-state index is 0.131. The van der Waals surface area contributed by atoms with Gasteiger partial charge in [-0.15, -0.1) is 0 Å². The van der Waals surface area contributed by atoms with E-state index >= 15 is 0 Å². The summed E-state index contributed by atoms with van der Waals surface area (Å²) in [7, 11) is 0. The summed E-state index contributed by atoms with van der Waals surface area (Å²) >= 11 is 0. The monoisotopic (exact) mass is 276 g/mol. The minimum atomic E-state index is -0.901. The van der Waals surface area contributed by atoms with Crippen LogP contribution in [0.1, 0.15) is 11.1 Å². The number of phenols is 1. The lowest BCUT2D eigenvalue weighted by Gasteiger charge is -2.30. The van der Waals surface area contributed by atoms with Gasteiger partial charge in [0.25, 0.3) is 0 Å². The van der Waals surface area contributed by atoms with Crippen LogP contribution in [0.4, 0.5) is 4.39 Å². The molecule has 106 valence electrons. The Morgan fingerprint density at radius 3 is 2.15 bits per heavy atom. The zero-order chi connectivity index (χ0) is 14.6. The van der Waals surface area contributed by atoms with E-state index in [1.54, 1.807) is 30.3 Å². The quantitative estimate of drug-likeness (QED) is 0.782. The zero-order valence-corrected chi connectivity index (χ0v) is 11.0.